The molecule has 1 fully saturated rings. The molecule has 1 saturated carbocycles. The first kappa shape index (κ1) is 15.7. The van der Waals surface area contributed by atoms with Crippen LogP contribution in [0.1, 0.15) is 50.5 Å². The lowest BCUT2D eigenvalue weighted by molar-refractivity contribution is 0.00527. The van der Waals surface area contributed by atoms with Gasteiger partial charge in [-0.2, -0.15) is 0 Å². The highest BCUT2D eigenvalue weighted by atomic mass is 35.5. The highest BCUT2D eigenvalue weighted by Gasteiger charge is 2.43. The number of rotatable bonds is 5. The van der Waals surface area contributed by atoms with Crippen molar-refractivity contribution in [3.63, 3.8) is 0 Å². The maximum absolute atomic E-state index is 14.1. The fraction of sp³-hybridized carbons (Fsp3) is 0.625. The predicted octanol–water partition coefficient (Wildman–Crippen LogP) is 3.85. The van der Waals surface area contributed by atoms with Crippen LogP contribution in [0.3, 0.4) is 0 Å². The summed E-state index contributed by atoms with van der Waals surface area (Å²) in [5.41, 5.74) is 6.06. The molecule has 0 aliphatic heterocycles. The first-order valence-electron chi connectivity index (χ1n) is 7.38. The molecule has 3 N–H and O–H groups in total. The minimum absolute atomic E-state index is 0.143. The van der Waals surface area contributed by atoms with Gasteiger partial charge < -0.3 is 10.8 Å². The van der Waals surface area contributed by atoms with Gasteiger partial charge in [-0.15, -0.1) is 0 Å². The molecule has 1 aliphatic carbocycles. The van der Waals surface area contributed by atoms with E-state index in [2.05, 4.69) is 6.92 Å². The molecule has 1 aromatic carbocycles. The Balaban J connectivity index is 2.37. The number of hydrogen-bond donors (Lipinski definition) is 2. The van der Waals surface area contributed by atoms with Gasteiger partial charge in [0.15, 0.2) is 0 Å². The van der Waals surface area contributed by atoms with Gasteiger partial charge in [-0.25, -0.2) is 4.39 Å². The third-order valence-electron chi connectivity index (χ3n) is 4.94. The lowest BCUT2D eigenvalue weighted by Gasteiger charge is -2.38. The molecular formula is C16H23ClFNO. The molecule has 0 aromatic heterocycles. The van der Waals surface area contributed by atoms with Gasteiger partial charge in [0.25, 0.3) is 0 Å². The fourth-order valence-corrected chi connectivity index (χ4v) is 3.94. The molecule has 112 valence electrons. The lowest BCUT2D eigenvalue weighted by Crippen LogP contribution is -2.40. The summed E-state index contributed by atoms with van der Waals surface area (Å²) >= 11 is 6.14. The van der Waals surface area contributed by atoms with Crippen LogP contribution in [0.15, 0.2) is 18.2 Å². The standard InChI is InChI=1S/C16H23ClFNO/c1-2-16(8-3-4-9-16)15(20)11(10-19)14-12(17)6-5-7-13(14)18/h5-7,11,15,20H,2-4,8-10,19H2,1H3. The summed E-state index contributed by atoms with van der Waals surface area (Å²) in [6.07, 6.45) is 4.44. The zero-order valence-electron chi connectivity index (χ0n) is 11.9. The van der Waals surface area contributed by atoms with Crippen molar-refractivity contribution in [3.05, 3.63) is 34.6 Å². The van der Waals surface area contributed by atoms with Gasteiger partial charge >= 0.3 is 0 Å². The van der Waals surface area contributed by atoms with Gasteiger partial charge in [0, 0.05) is 23.0 Å². The van der Waals surface area contributed by atoms with Crippen LogP contribution in [0.4, 0.5) is 4.39 Å². The Morgan fingerprint density at radius 3 is 2.55 bits per heavy atom. The largest absolute Gasteiger partial charge is 0.392 e. The molecule has 0 saturated heterocycles. The molecule has 0 heterocycles. The summed E-state index contributed by atoms with van der Waals surface area (Å²) in [6, 6.07) is 4.61. The Bertz CT molecular complexity index is 440. The number of nitrogens with two attached hydrogens (primary N) is 1. The Morgan fingerprint density at radius 1 is 1.40 bits per heavy atom. The molecule has 2 nitrogen and oxygen atoms in total. The molecule has 1 aromatic rings. The van der Waals surface area contributed by atoms with Crippen molar-refractivity contribution in [1.29, 1.82) is 0 Å². The summed E-state index contributed by atoms with van der Waals surface area (Å²) < 4.78 is 14.1. The molecule has 0 amide bonds. The third kappa shape index (κ3) is 2.72. The molecule has 0 radical (unpaired) electrons. The number of benzene rings is 1. The van der Waals surface area contributed by atoms with Crippen LogP contribution in [0, 0.1) is 11.2 Å². The molecule has 2 rings (SSSR count). The Morgan fingerprint density at radius 2 is 2.05 bits per heavy atom. The maximum atomic E-state index is 14.1. The smallest absolute Gasteiger partial charge is 0.128 e. The average Bonchev–Trinajstić information content (AvgIpc) is 2.92. The highest BCUT2D eigenvalue weighted by Crippen LogP contribution is 2.48. The van der Waals surface area contributed by atoms with Crippen molar-refractivity contribution in [2.45, 2.75) is 51.0 Å². The van der Waals surface area contributed by atoms with E-state index in [9.17, 15) is 9.50 Å². The molecule has 1 aliphatic rings. The van der Waals surface area contributed by atoms with E-state index in [0.717, 1.165) is 32.1 Å². The number of aliphatic hydroxyl groups is 1. The summed E-state index contributed by atoms with van der Waals surface area (Å²) in [7, 11) is 0. The van der Waals surface area contributed by atoms with Gasteiger partial charge in [0.1, 0.15) is 5.82 Å². The molecule has 20 heavy (non-hydrogen) atoms. The number of hydrogen-bond acceptors (Lipinski definition) is 2. The first-order chi connectivity index (χ1) is 9.55. The van der Waals surface area contributed by atoms with Crippen LogP contribution in [0.25, 0.3) is 0 Å². The number of halogens is 2. The van der Waals surface area contributed by atoms with E-state index < -0.39 is 12.0 Å². The molecule has 4 heteroatoms. The summed E-state index contributed by atoms with van der Waals surface area (Å²) in [5.74, 6) is -0.821. The van der Waals surface area contributed by atoms with Gasteiger partial charge in [-0.05, 0) is 36.8 Å². The van der Waals surface area contributed by atoms with E-state index in [1.807, 2.05) is 0 Å². The minimum atomic E-state index is -0.644. The van der Waals surface area contributed by atoms with Gasteiger partial charge in [0.05, 0.1) is 6.10 Å². The van der Waals surface area contributed by atoms with E-state index in [0.29, 0.717) is 10.6 Å². The van der Waals surface area contributed by atoms with Gasteiger partial charge in [-0.3, -0.25) is 0 Å². The maximum Gasteiger partial charge on any atom is 0.128 e. The Kier molecular flexibility index (Phi) is 5.05. The summed E-state index contributed by atoms with van der Waals surface area (Å²) in [5, 5.41) is 11.2. The van der Waals surface area contributed by atoms with Crippen molar-refractivity contribution in [3.8, 4) is 0 Å². The minimum Gasteiger partial charge on any atom is -0.392 e. The van der Waals surface area contributed by atoms with Crippen LogP contribution in [0.2, 0.25) is 5.02 Å². The lowest BCUT2D eigenvalue weighted by atomic mass is 9.71. The average molecular weight is 300 g/mol. The quantitative estimate of drug-likeness (QED) is 0.867. The third-order valence-corrected chi connectivity index (χ3v) is 5.27. The fourth-order valence-electron chi connectivity index (χ4n) is 3.63. The van der Waals surface area contributed by atoms with Crippen molar-refractivity contribution < 1.29 is 9.50 Å². The molecular weight excluding hydrogens is 277 g/mol. The normalized spacial score (nSPS) is 20.9. The van der Waals surface area contributed by atoms with Gasteiger partial charge in [-0.1, -0.05) is 37.4 Å². The predicted molar refractivity (Wildman–Crippen MR) is 80.4 cm³/mol. The first-order valence-corrected chi connectivity index (χ1v) is 7.75. The monoisotopic (exact) mass is 299 g/mol. The molecule has 2 atom stereocenters. The summed E-state index contributed by atoms with van der Waals surface area (Å²) in [6.45, 7) is 2.29. The van der Waals surface area contributed by atoms with Crippen molar-refractivity contribution in [1.82, 2.24) is 0 Å². The van der Waals surface area contributed by atoms with Gasteiger partial charge in [0.2, 0.25) is 0 Å². The van der Waals surface area contributed by atoms with Crippen LogP contribution >= 0.6 is 11.6 Å². The molecule has 0 spiro atoms. The summed E-state index contributed by atoms with van der Waals surface area (Å²) in [4.78, 5) is 0. The highest BCUT2D eigenvalue weighted by molar-refractivity contribution is 6.31. The second kappa shape index (κ2) is 6.42. The van der Waals surface area contributed by atoms with Crippen LogP contribution in [-0.2, 0) is 0 Å². The van der Waals surface area contributed by atoms with E-state index in [1.165, 1.54) is 6.07 Å². The second-order valence-electron chi connectivity index (χ2n) is 5.85. The van der Waals surface area contributed by atoms with E-state index >= 15 is 0 Å². The van der Waals surface area contributed by atoms with E-state index in [1.54, 1.807) is 12.1 Å². The number of aliphatic hydroxyl groups excluding tert-OH is 1. The Labute approximate surface area is 125 Å². The van der Waals surface area contributed by atoms with Crippen LogP contribution < -0.4 is 5.73 Å². The molecule has 2 unspecified atom stereocenters. The Hall–Kier alpha value is -0.640. The van der Waals surface area contributed by atoms with Crippen LogP contribution in [0.5, 0.6) is 0 Å². The zero-order chi connectivity index (χ0) is 14.8. The zero-order valence-corrected chi connectivity index (χ0v) is 12.7. The van der Waals surface area contributed by atoms with Crippen LogP contribution in [-0.4, -0.2) is 17.8 Å². The second-order valence-corrected chi connectivity index (χ2v) is 6.25. The molecule has 0 bridgehead atoms. The topological polar surface area (TPSA) is 46.2 Å². The SMILES string of the molecule is CCC1(C(O)C(CN)c2c(F)cccc2Cl)CCCC1. The van der Waals surface area contributed by atoms with E-state index in [-0.39, 0.29) is 17.8 Å². The van der Waals surface area contributed by atoms with E-state index in [4.69, 9.17) is 17.3 Å². The van der Waals surface area contributed by atoms with Crippen molar-refractivity contribution in [2.24, 2.45) is 11.1 Å². The van der Waals surface area contributed by atoms with Crippen molar-refractivity contribution in [2.75, 3.05) is 6.54 Å². The van der Waals surface area contributed by atoms with Crippen molar-refractivity contribution >= 4 is 11.6 Å².